The van der Waals surface area contributed by atoms with Crippen molar-refractivity contribution in [2.45, 2.75) is 18.3 Å². The van der Waals surface area contributed by atoms with Crippen LogP contribution in [0.25, 0.3) is 0 Å². The molecule has 0 bridgehead atoms. The lowest BCUT2D eigenvalue weighted by Gasteiger charge is -2.18. The van der Waals surface area contributed by atoms with Gasteiger partial charge in [0.2, 0.25) is 0 Å². The van der Waals surface area contributed by atoms with Crippen LogP contribution in [0.15, 0.2) is 0 Å². The van der Waals surface area contributed by atoms with E-state index in [1.807, 2.05) is 0 Å². The van der Waals surface area contributed by atoms with Crippen LogP contribution in [-0.2, 0) is 18.3 Å². The van der Waals surface area contributed by atoms with E-state index in [1.165, 1.54) is 11.8 Å². The Morgan fingerprint density at radius 1 is 1.27 bits per heavy atom. The Hall–Kier alpha value is -0.0500. The predicted molar refractivity (Wildman–Crippen MR) is 59.6 cm³/mol. The summed E-state index contributed by atoms with van der Waals surface area (Å²) in [6.45, 7) is 0. The number of halogens is 4. The molecule has 2 heterocycles. The van der Waals surface area contributed by atoms with E-state index in [0.717, 1.165) is 5.75 Å². The maximum atomic E-state index is 12.7. The monoisotopic (exact) mass is 346 g/mol. The van der Waals surface area contributed by atoms with Crippen molar-refractivity contribution in [2.24, 2.45) is 0 Å². The minimum absolute atomic E-state index is 0.172. The van der Waals surface area contributed by atoms with Crippen molar-refractivity contribution in [2.75, 3.05) is 5.75 Å². The largest absolute Gasteiger partial charge is 0.433 e. The number of thioether (sulfide) groups is 1. The molecule has 0 saturated carbocycles. The van der Waals surface area contributed by atoms with Crippen LogP contribution in [0.2, 0.25) is 0 Å². The smallest absolute Gasteiger partial charge is 0.228 e. The zero-order chi connectivity index (χ0) is 11.1. The van der Waals surface area contributed by atoms with Crippen LogP contribution in [-0.4, -0.2) is 15.7 Å². The average molecular weight is 346 g/mol. The molecule has 0 spiro atoms. The molecule has 1 aliphatic rings. The standard InChI is InChI=1S/C8H6F3IN2S/c9-8(10,11)6-4-3-15-2-1-5(4)13-7(12)14-6/h1-3H2. The van der Waals surface area contributed by atoms with Gasteiger partial charge >= 0.3 is 6.18 Å². The summed E-state index contributed by atoms with van der Waals surface area (Å²) in [4.78, 5) is 7.55. The number of fused-ring (bicyclic) bond motifs is 1. The van der Waals surface area contributed by atoms with Crippen molar-refractivity contribution in [1.29, 1.82) is 0 Å². The lowest BCUT2D eigenvalue weighted by molar-refractivity contribution is -0.142. The highest BCUT2D eigenvalue weighted by molar-refractivity contribution is 14.1. The summed E-state index contributed by atoms with van der Waals surface area (Å²) in [6, 6.07) is 0. The molecule has 1 aromatic rings. The minimum atomic E-state index is -4.37. The first-order valence-electron chi connectivity index (χ1n) is 4.18. The van der Waals surface area contributed by atoms with Crippen molar-refractivity contribution in [3.8, 4) is 0 Å². The van der Waals surface area contributed by atoms with Crippen molar-refractivity contribution < 1.29 is 13.2 Å². The molecule has 0 fully saturated rings. The highest BCUT2D eigenvalue weighted by Crippen LogP contribution is 2.35. The Kier molecular flexibility index (Phi) is 3.11. The zero-order valence-electron chi connectivity index (χ0n) is 7.44. The van der Waals surface area contributed by atoms with Gasteiger partial charge in [0, 0.05) is 33.9 Å². The third-order valence-electron chi connectivity index (χ3n) is 2.06. The Bertz CT molecular complexity index is 394. The fraction of sp³-hybridized carbons (Fsp3) is 0.500. The van der Waals surface area contributed by atoms with Crippen LogP contribution >= 0.6 is 34.4 Å². The molecule has 15 heavy (non-hydrogen) atoms. The summed E-state index contributed by atoms with van der Waals surface area (Å²) < 4.78 is 38.1. The molecular formula is C8H6F3IN2S. The fourth-order valence-corrected chi connectivity index (χ4v) is 2.96. The topological polar surface area (TPSA) is 25.8 Å². The molecule has 0 radical (unpaired) electrons. The number of hydrogen-bond acceptors (Lipinski definition) is 3. The van der Waals surface area contributed by atoms with Crippen LogP contribution in [0.3, 0.4) is 0 Å². The maximum Gasteiger partial charge on any atom is 0.433 e. The van der Waals surface area contributed by atoms with Gasteiger partial charge in [-0.05, 0) is 12.2 Å². The number of rotatable bonds is 0. The third-order valence-corrected chi connectivity index (χ3v) is 3.53. The molecule has 2 rings (SSSR count). The van der Waals surface area contributed by atoms with Gasteiger partial charge in [-0.1, -0.05) is 0 Å². The van der Waals surface area contributed by atoms with Gasteiger partial charge in [-0.3, -0.25) is 0 Å². The van der Waals surface area contributed by atoms with Gasteiger partial charge < -0.3 is 0 Å². The average Bonchev–Trinajstić information content (AvgIpc) is 2.15. The molecule has 1 aliphatic heterocycles. The van der Waals surface area contributed by atoms with E-state index in [2.05, 4.69) is 9.97 Å². The first-order chi connectivity index (χ1) is 6.98. The summed E-state index contributed by atoms with van der Waals surface area (Å²) in [6.07, 6.45) is -3.77. The molecule has 0 amide bonds. The Labute approximate surface area is 102 Å². The van der Waals surface area contributed by atoms with Gasteiger partial charge in [0.15, 0.2) is 9.53 Å². The van der Waals surface area contributed by atoms with E-state index in [4.69, 9.17) is 0 Å². The van der Waals surface area contributed by atoms with Crippen molar-refractivity contribution in [3.63, 3.8) is 0 Å². The molecular weight excluding hydrogens is 340 g/mol. The van der Waals surface area contributed by atoms with Gasteiger partial charge in [-0.2, -0.15) is 24.9 Å². The lowest BCUT2D eigenvalue weighted by atomic mass is 10.1. The normalized spacial score (nSPS) is 16.3. The second-order valence-corrected chi connectivity index (χ2v) is 5.14. The van der Waals surface area contributed by atoms with Crippen LogP contribution in [0, 0.1) is 3.83 Å². The minimum Gasteiger partial charge on any atom is -0.228 e. The molecule has 0 unspecified atom stereocenters. The molecule has 2 nitrogen and oxygen atoms in total. The Balaban J connectivity index is 2.58. The number of alkyl halides is 3. The van der Waals surface area contributed by atoms with Crippen LogP contribution in [0.1, 0.15) is 17.0 Å². The van der Waals surface area contributed by atoms with Crippen molar-refractivity contribution in [1.82, 2.24) is 9.97 Å². The van der Waals surface area contributed by atoms with Gasteiger partial charge in [0.05, 0.1) is 5.69 Å². The Morgan fingerprint density at radius 2 is 2.00 bits per heavy atom. The van der Waals surface area contributed by atoms with E-state index >= 15 is 0 Å². The Morgan fingerprint density at radius 3 is 2.67 bits per heavy atom. The summed E-state index contributed by atoms with van der Waals surface area (Å²) in [7, 11) is 0. The lowest BCUT2D eigenvalue weighted by Crippen LogP contribution is -2.19. The third kappa shape index (κ3) is 2.38. The molecule has 7 heteroatoms. The van der Waals surface area contributed by atoms with Gasteiger partial charge in [0.1, 0.15) is 0 Å². The van der Waals surface area contributed by atoms with Crippen molar-refractivity contribution >= 4 is 34.4 Å². The van der Waals surface area contributed by atoms with E-state index in [0.29, 0.717) is 17.9 Å². The van der Waals surface area contributed by atoms with Crippen LogP contribution in [0.4, 0.5) is 13.2 Å². The van der Waals surface area contributed by atoms with Gasteiger partial charge in [-0.25, -0.2) is 9.97 Å². The number of aryl methyl sites for hydroxylation is 1. The quantitative estimate of drug-likeness (QED) is 0.534. The zero-order valence-corrected chi connectivity index (χ0v) is 10.4. The molecule has 0 saturated heterocycles. The summed E-state index contributed by atoms with van der Waals surface area (Å²) >= 11 is 3.21. The summed E-state index contributed by atoms with van der Waals surface area (Å²) in [5.41, 5.74) is 0.0590. The maximum absolute atomic E-state index is 12.7. The van der Waals surface area contributed by atoms with Crippen LogP contribution < -0.4 is 0 Å². The molecule has 0 atom stereocenters. The van der Waals surface area contributed by atoms with E-state index in [-0.39, 0.29) is 9.39 Å². The fourth-order valence-electron chi connectivity index (χ4n) is 1.44. The van der Waals surface area contributed by atoms with E-state index in [1.54, 1.807) is 22.6 Å². The van der Waals surface area contributed by atoms with Gasteiger partial charge in [0.25, 0.3) is 0 Å². The number of nitrogens with zero attached hydrogens (tertiary/aromatic N) is 2. The highest BCUT2D eigenvalue weighted by atomic mass is 127. The summed E-state index contributed by atoms with van der Waals surface area (Å²) in [5.74, 6) is 1.19. The van der Waals surface area contributed by atoms with E-state index in [9.17, 15) is 13.2 Å². The van der Waals surface area contributed by atoms with Gasteiger partial charge in [-0.15, -0.1) is 0 Å². The number of aromatic nitrogens is 2. The molecule has 82 valence electrons. The number of hydrogen-bond donors (Lipinski definition) is 0. The SMILES string of the molecule is FC(F)(F)c1nc(I)nc2c1CSCC2. The van der Waals surface area contributed by atoms with E-state index < -0.39 is 11.9 Å². The molecule has 1 aromatic heterocycles. The second-order valence-electron chi connectivity index (χ2n) is 3.07. The predicted octanol–water partition coefficient (Wildman–Crippen LogP) is 2.89. The second kappa shape index (κ2) is 4.08. The molecule has 0 aromatic carbocycles. The molecule has 0 N–H and O–H groups in total. The van der Waals surface area contributed by atoms with Crippen molar-refractivity contribution in [3.05, 3.63) is 20.8 Å². The highest BCUT2D eigenvalue weighted by Gasteiger charge is 2.37. The first-order valence-corrected chi connectivity index (χ1v) is 6.42. The molecule has 0 aliphatic carbocycles. The first kappa shape index (κ1) is 11.4. The summed E-state index contributed by atoms with van der Waals surface area (Å²) in [5, 5.41) is 0. The van der Waals surface area contributed by atoms with Crippen LogP contribution in [0.5, 0.6) is 0 Å².